The van der Waals surface area contributed by atoms with Crippen molar-refractivity contribution in [2.24, 2.45) is 0 Å². The van der Waals surface area contributed by atoms with E-state index in [1.54, 1.807) is 13.0 Å². The normalized spacial score (nSPS) is 21.4. The van der Waals surface area contributed by atoms with Gasteiger partial charge in [-0.05, 0) is 39.3 Å². The number of hydrogen-bond acceptors (Lipinski definition) is 6. The third-order valence-electron chi connectivity index (χ3n) is 6.10. The standard InChI is InChI=1S/C22H23F2N5O/c1-11(16-5-4-6-18(23)20(16)24)26-22-17-8-19(29-9-15-7-14(29)10-30-15)12(2)25-21(17)13(3)27-28-22/h4-6,8,11,14-15H,7,9-10H2,1-3H3,(H,26,28)/t11-,14?,15?/m1/s1. The molecule has 2 aliphatic heterocycles. The Kier molecular flexibility index (Phi) is 4.54. The highest BCUT2D eigenvalue weighted by atomic mass is 19.2. The number of aromatic nitrogens is 3. The van der Waals surface area contributed by atoms with Crippen LogP contribution in [0.2, 0.25) is 0 Å². The molecule has 3 aromatic rings. The van der Waals surface area contributed by atoms with Crippen molar-refractivity contribution in [1.29, 1.82) is 0 Å². The monoisotopic (exact) mass is 411 g/mol. The molecule has 30 heavy (non-hydrogen) atoms. The van der Waals surface area contributed by atoms with E-state index in [0.717, 1.165) is 53.6 Å². The Morgan fingerprint density at radius 3 is 2.77 bits per heavy atom. The molecule has 5 rings (SSSR count). The third kappa shape index (κ3) is 3.06. The molecule has 0 radical (unpaired) electrons. The lowest BCUT2D eigenvalue weighted by atomic mass is 10.1. The maximum atomic E-state index is 14.3. The van der Waals surface area contributed by atoms with Gasteiger partial charge in [-0.1, -0.05) is 12.1 Å². The Hall–Kier alpha value is -2.87. The summed E-state index contributed by atoms with van der Waals surface area (Å²) in [5.74, 6) is -1.22. The number of nitrogens with one attached hydrogen (secondary N) is 1. The molecule has 8 heteroatoms. The lowest BCUT2D eigenvalue weighted by Crippen LogP contribution is -2.37. The molecule has 1 N–H and O–H groups in total. The van der Waals surface area contributed by atoms with Gasteiger partial charge in [0.15, 0.2) is 17.5 Å². The van der Waals surface area contributed by atoms with Crippen molar-refractivity contribution in [1.82, 2.24) is 15.2 Å². The second-order valence-corrected chi connectivity index (χ2v) is 8.13. The predicted octanol–water partition coefficient (Wildman–Crippen LogP) is 4.07. The van der Waals surface area contributed by atoms with E-state index in [2.05, 4.69) is 26.5 Å². The highest BCUT2D eigenvalue weighted by Crippen LogP contribution is 2.37. The van der Waals surface area contributed by atoms with E-state index >= 15 is 0 Å². The number of anilines is 2. The fourth-order valence-corrected chi connectivity index (χ4v) is 4.51. The largest absolute Gasteiger partial charge is 0.374 e. The van der Waals surface area contributed by atoms with Gasteiger partial charge >= 0.3 is 0 Å². The van der Waals surface area contributed by atoms with E-state index in [0.29, 0.717) is 11.9 Å². The Morgan fingerprint density at radius 2 is 2.03 bits per heavy atom. The molecule has 2 saturated heterocycles. The van der Waals surface area contributed by atoms with Gasteiger partial charge in [-0.3, -0.25) is 0 Å². The maximum absolute atomic E-state index is 14.3. The zero-order valence-electron chi connectivity index (χ0n) is 17.1. The topological polar surface area (TPSA) is 63.2 Å². The summed E-state index contributed by atoms with van der Waals surface area (Å²) in [5, 5.41) is 12.6. The van der Waals surface area contributed by atoms with Crippen LogP contribution in [0.15, 0.2) is 24.3 Å². The summed E-state index contributed by atoms with van der Waals surface area (Å²) in [6, 6.07) is 6.12. The second kappa shape index (κ2) is 7.12. The zero-order valence-corrected chi connectivity index (χ0v) is 17.1. The zero-order chi connectivity index (χ0) is 21.0. The van der Waals surface area contributed by atoms with Gasteiger partial charge in [-0.2, -0.15) is 5.10 Å². The highest BCUT2D eigenvalue weighted by Gasteiger charge is 2.39. The molecule has 2 fully saturated rings. The summed E-state index contributed by atoms with van der Waals surface area (Å²) < 4.78 is 33.7. The summed E-state index contributed by atoms with van der Waals surface area (Å²) in [6.45, 7) is 7.22. The van der Waals surface area contributed by atoms with E-state index in [1.165, 1.54) is 6.07 Å². The lowest BCUT2D eigenvalue weighted by Gasteiger charge is -2.30. The molecule has 2 bridgehead atoms. The van der Waals surface area contributed by atoms with Crippen LogP contribution >= 0.6 is 0 Å². The molecule has 0 amide bonds. The van der Waals surface area contributed by atoms with Crippen LogP contribution in [0.3, 0.4) is 0 Å². The van der Waals surface area contributed by atoms with Gasteiger partial charge in [0.1, 0.15) is 0 Å². The fourth-order valence-electron chi connectivity index (χ4n) is 4.51. The molecule has 0 spiro atoms. The van der Waals surface area contributed by atoms with Crippen LogP contribution in [0.5, 0.6) is 0 Å². The second-order valence-electron chi connectivity index (χ2n) is 8.13. The Bertz CT molecular complexity index is 1140. The SMILES string of the molecule is Cc1nc2c(C)nnc(N[C@H](C)c3cccc(F)c3F)c2cc1N1CC2CC1CO2. The van der Waals surface area contributed by atoms with Gasteiger partial charge in [-0.15, -0.1) is 5.10 Å². The molecular weight excluding hydrogens is 388 g/mol. The van der Waals surface area contributed by atoms with Crippen molar-refractivity contribution in [2.45, 2.75) is 45.4 Å². The smallest absolute Gasteiger partial charge is 0.164 e. The maximum Gasteiger partial charge on any atom is 0.164 e. The number of benzene rings is 1. The van der Waals surface area contributed by atoms with E-state index in [4.69, 9.17) is 9.72 Å². The van der Waals surface area contributed by atoms with Crippen molar-refractivity contribution in [3.63, 3.8) is 0 Å². The minimum Gasteiger partial charge on any atom is -0.374 e. The van der Waals surface area contributed by atoms with E-state index in [9.17, 15) is 8.78 Å². The van der Waals surface area contributed by atoms with E-state index in [-0.39, 0.29) is 11.7 Å². The van der Waals surface area contributed by atoms with Crippen molar-refractivity contribution in [2.75, 3.05) is 23.4 Å². The first-order valence-corrected chi connectivity index (χ1v) is 10.2. The number of halogens is 2. The van der Waals surface area contributed by atoms with Gasteiger partial charge < -0.3 is 15.0 Å². The minimum atomic E-state index is -0.869. The first kappa shape index (κ1) is 19.1. The molecule has 3 atom stereocenters. The minimum absolute atomic E-state index is 0.236. The van der Waals surface area contributed by atoms with Crippen LogP contribution in [-0.4, -0.2) is 40.5 Å². The third-order valence-corrected chi connectivity index (χ3v) is 6.10. The summed E-state index contributed by atoms with van der Waals surface area (Å²) in [5.41, 5.74) is 3.70. The Balaban J connectivity index is 1.56. The average Bonchev–Trinajstić information content (AvgIpc) is 3.35. The molecule has 0 saturated carbocycles. The molecule has 2 aliphatic rings. The number of hydrogen-bond donors (Lipinski definition) is 1. The number of morpholine rings is 1. The summed E-state index contributed by atoms with van der Waals surface area (Å²) >= 11 is 0. The molecule has 2 aromatic heterocycles. The van der Waals surface area contributed by atoms with Crippen LogP contribution in [0, 0.1) is 25.5 Å². The number of fused-ring (bicyclic) bond motifs is 3. The summed E-state index contributed by atoms with van der Waals surface area (Å²) in [7, 11) is 0. The van der Waals surface area contributed by atoms with Gasteiger partial charge in [0.25, 0.3) is 0 Å². The van der Waals surface area contributed by atoms with Crippen molar-refractivity contribution >= 4 is 22.4 Å². The molecule has 1 aromatic carbocycles. The predicted molar refractivity (Wildman–Crippen MR) is 111 cm³/mol. The van der Waals surface area contributed by atoms with Crippen LogP contribution in [0.1, 0.15) is 36.3 Å². The molecule has 0 aliphatic carbocycles. The molecule has 156 valence electrons. The molecular formula is C22H23F2N5O. The number of ether oxygens (including phenoxy) is 1. The quantitative estimate of drug-likeness (QED) is 0.698. The first-order valence-electron chi connectivity index (χ1n) is 10.2. The molecule has 6 nitrogen and oxygen atoms in total. The van der Waals surface area contributed by atoms with Gasteiger partial charge in [-0.25, -0.2) is 13.8 Å². The highest BCUT2D eigenvalue weighted by molar-refractivity contribution is 5.93. The Morgan fingerprint density at radius 1 is 1.20 bits per heavy atom. The van der Waals surface area contributed by atoms with Crippen molar-refractivity contribution in [3.05, 3.63) is 52.9 Å². The van der Waals surface area contributed by atoms with Crippen molar-refractivity contribution < 1.29 is 13.5 Å². The van der Waals surface area contributed by atoms with Gasteiger partial charge in [0.2, 0.25) is 0 Å². The van der Waals surface area contributed by atoms with Gasteiger partial charge in [0, 0.05) is 17.5 Å². The Labute approximate surface area is 173 Å². The van der Waals surface area contributed by atoms with Crippen LogP contribution in [-0.2, 0) is 4.74 Å². The number of nitrogens with zero attached hydrogens (tertiary/aromatic N) is 4. The van der Waals surface area contributed by atoms with Crippen molar-refractivity contribution in [3.8, 4) is 0 Å². The fraction of sp³-hybridized carbons (Fsp3) is 0.409. The number of aryl methyl sites for hydroxylation is 2. The average molecular weight is 411 g/mol. The summed E-state index contributed by atoms with van der Waals surface area (Å²) in [6.07, 6.45) is 1.31. The molecule has 4 heterocycles. The first-order chi connectivity index (χ1) is 14.4. The van der Waals surface area contributed by atoms with Crippen LogP contribution in [0.25, 0.3) is 10.9 Å². The summed E-state index contributed by atoms with van der Waals surface area (Å²) in [4.78, 5) is 7.17. The lowest BCUT2D eigenvalue weighted by molar-refractivity contribution is 0.0991. The van der Waals surface area contributed by atoms with E-state index in [1.807, 2.05) is 13.8 Å². The van der Waals surface area contributed by atoms with Gasteiger partial charge in [0.05, 0.1) is 47.4 Å². The number of pyridine rings is 1. The van der Waals surface area contributed by atoms with E-state index < -0.39 is 17.7 Å². The number of rotatable bonds is 4. The van der Waals surface area contributed by atoms with Crippen LogP contribution in [0.4, 0.5) is 20.3 Å². The molecule has 2 unspecified atom stereocenters. The van der Waals surface area contributed by atoms with Crippen LogP contribution < -0.4 is 10.2 Å².